The summed E-state index contributed by atoms with van der Waals surface area (Å²) in [5.74, 6) is -0.229. The van der Waals surface area contributed by atoms with E-state index >= 15 is 0 Å². The van der Waals surface area contributed by atoms with Gasteiger partial charge in [0, 0.05) is 27.5 Å². The number of aromatic nitrogens is 1. The molecule has 0 saturated heterocycles. The summed E-state index contributed by atoms with van der Waals surface area (Å²) in [6, 6.07) is 16.0. The van der Waals surface area contributed by atoms with Crippen molar-refractivity contribution in [2.24, 2.45) is 0 Å². The molecule has 0 aliphatic carbocycles. The summed E-state index contributed by atoms with van der Waals surface area (Å²) < 4.78 is 6.01. The average molecular weight is 385 g/mol. The van der Waals surface area contributed by atoms with Crippen molar-refractivity contribution >= 4 is 32.8 Å². The zero-order valence-electron chi connectivity index (χ0n) is 13.2. The normalized spacial score (nSPS) is 19.9. The number of fused-ring (bicyclic) bond motifs is 3. The van der Waals surface area contributed by atoms with Crippen LogP contribution in [0.2, 0.25) is 0 Å². The van der Waals surface area contributed by atoms with E-state index in [-0.39, 0.29) is 18.1 Å². The van der Waals surface area contributed by atoms with Crippen LogP contribution in [-0.2, 0) is 16.0 Å². The Hall–Kier alpha value is -2.11. The molecular formula is C19H17BrN2O2. The van der Waals surface area contributed by atoms with Gasteiger partial charge < -0.3 is 9.72 Å². The molecule has 2 aromatic carbocycles. The lowest BCUT2D eigenvalue weighted by Crippen LogP contribution is -2.45. The summed E-state index contributed by atoms with van der Waals surface area (Å²) >= 11 is 3.47. The second-order valence-corrected chi connectivity index (χ2v) is 6.91. The number of esters is 1. The highest BCUT2D eigenvalue weighted by atomic mass is 79.9. The molecule has 24 heavy (non-hydrogen) atoms. The second kappa shape index (κ2) is 6.07. The second-order valence-electron chi connectivity index (χ2n) is 5.99. The first-order chi connectivity index (χ1) is 11.7. The summed E-state index contributed by atoms with van der Waals surface area (Å²) in [4.78, 5) is 15.7. The van der Waals surface area contributed by atoms with E-state index in [0.29, 0.717) is 6.42 Å². The molecule has 0 radical (unpaired) electrons. The van der Waals surface area contributed by atoms with Crippen molar-refractivity contribution in [2.45, 2.75) is 18.5 Å². The van der Waals surface area contributed by atoms with E-state index in [1.165, 1.54) is 18.1 Å². The third-order valence-electron chi connectivity index (χ3n) is 4.60. The number of aromatic amines is 1. The Kier molecular flexibility index (Phi) is 3.90. The molecule has 122 valence electrons. The van der Waals surface area contributed by atoms with Crippen LogP contribution in [0.1, 0.15) is 22.9 Å². The summed E-state index contributed by atoms with van der Waals surface area (Å²) in [5, 5.41) is 4.61. The van der Waals surface area contributed by atoms with E-state index in [1.807, 2.05) is 24.3 Å². The predicted octanol–water partition coefficient (Wildman–Crippen LogP) is 3.71. The van der Waals surface area contributed by atoms with Gasteiger partial charge in [-0.3, -0.25) is 10.1 Å². The highest BCUT2D eigenvalue weighted by Crippen LogP contribution is 2.35. The molecule has 2 atom stereocenters. The Bertz CT molecular complexity index is 901. The van der Waals surface area contributed by atoms with Crippen molar-refractivity contribution in [3.05, 3.63) is 69.8 Å². The standard InChI is InChI=1S/C19H17BrN2O2/c1-24-19(23)16-10-14-13-4-2-3-5-15(13)21-18(14)17(22-16)11-6-8-12(20)9-7-11/h2-9,16-17,21-22H,10H2,1H3/t16-,17-/m1/s1. The number of halogens is 1. The van der Waals surface area contributed by atoms with Gasteiger partial charge in [-0.2, -0.15) is 0 Å². The Morgan fingerprint density at radius 1 is 1.17 bits per heavy atom. The Morgan fingerprint density at radius 2 is 1.92 bits per heavy atom. The maximum Gasteiger partial charge on any atom is 0.323 e. The van der Waals surface area contributed by atoms with Gasteiger partial charge in [-0.15, -0.1) is 0 Å². The fourth-order valence-electron chi connectivity index (χ4n) is 3.45. The number of H-pyrrole nitrogens is 1. The number of nitrogens with one attached hydrogen (secondary N) is 2. The lowest BCUT2D eigenvalue weighted by Gasteiger charge is -2.30. The molecule has 0 fully saturated rings. The van der Waals surface area contributed by atoms with Crippen molar-refractivity contribution < 1.29 is 9.53 Å². The molecule has 2 heterocycles. The molecule has 5 heteroatoms. The lowest BCUT2D eigenvalue weighted by atomic mass is 9.90. The lowest BCUT2D eigenvalue weighted by molar-refractivity contribution is -0.143. The largest absolute Gasteiger partial charge is 0.468 e. The number of benzene rings is 2. The highest BCUT2D eigenvalue weighted by molar-refractivity contribution is 9.10. The van der Waals surface area contributed by atoms with E-state index in [1.54, 1.807) is 0 Å². The minimum Gasteiger partial charge on any atom is -0.468 e. The summed E-state index contributed by atoms with van der Waals surface area (Å²) in [6.07, 6.45) is 0.624. The number of ether oxygens (including phenoxy) is 1. The Labute approximate surface area is 148 Å². The number of carbonyl (C=O) groups is 1. The first kappa shape index (κ1) is 15.4. The van der Waals surface area contributed by atoms with Gasteiger partial charge in [0.2, 0.25) is 0 Å². The van der Waals surface area contributed by atoms with E-state index in [4.69, 9.17) is 4.74 Å². The minimum atomic E-state index is -0.352. The quantitative estimate of drug-likeness (QED) is 0.662. The first-order valence-corrected chi connectivity index (χ1v) is 8.65. The number of hydrogen-bond acceptors (Lipinski definition) is 3. The van der Waals surface area contributed by atoms with Crippen LogP contribution in [0, 0.1) is 0 Å². The van der Waals surface area contributed by atoms with Crippen molar-refractivity contribution in [3.63, 3.8) is 0 Å². The van der Waals surface area contributed by atoms with Gasteiger partial charge in [-0.1, -0.05) is 46.3 Å². The third kappa shape index (κ3) is 2.54. The number of para-hydroxylation sites is 1. The smallest absolute Gasteiger partial charge is 0.323 e. The third-order valence-corrected chi connectivity index (χ3v) is 5.13. The van der Waals surface area contributed by atoms with Gasteiger partial charge >= 0.3 is 5.97 Å². The van der Waals surface area contributed by atoms with Gasteiger partial charge in [-0.05, 0) is 29.3 Å². The van der Waals surface area contributed by atoms with Crippen LogP contribution in [-0.4, -0.2) is 24.1 Å². The van der Waals surface area contributed by atoms with Gasteiger partial charge in [0.05, 0.1) is 13.2 Å². The maximum absolute atomic E-state index is 12.2. The number of hydrogen-bond donors (Lipinski definition) is 2. The Morgan fingerprint density at radius 3 is 2.67 bits per heavy atom. The van der Waals surface area contributed by atoms with Gasteiger partial charge in [0.15, 0.2) is 0 Å². The monoisotopic (exact) mass is 384 g/mol. The zero-order chi connectivity index (χ0) is 16.7. The summed E-state index contributed by atoms with van der Waals surface area (Å²) in [5.41, 5.74) is 4.52. The van der Waals surface area contributed by atoms with Gasteiger partial charge in [-0.25, -0.2) is 0 Å². The number of methoxy groups -OCH3 is 1. The van der Waals surface area contributed by atoms with Crippen LogP contribution < -0.4 is 5.32 Å². The van der Waals surface area contributed by atoms with Crippen LogP contribution in [0.15, 0.2) is 53.0 Å². The van der Waals surface area contributed by atoms with Crippen molar-refractivity contribution in [1.82, 2.24) is 10.3 Å². The molecule has 1 aromatic heterocycles. The maximum atomic E-state index is 12.2. The molecule has 1 aliphatic heterocycles. The zero-order valence-corrected chi connectivity index (χ0v) is 14.8. The molecule has 4 nitrogen and oxygen atoms in total. The fraction of sp³-hybridized carbons (Fsp3) is 0.211. The van der Waals surface area contributed by atoms with Crippen LogP contribution in [0.5, 0.6) is 0 Å². The van der Waals surface area contributed by atoms with Crippen molar-refractivity contribution in [3.8, 4) is 0 Å². The minimum absolute atomic E-state index is 0.0710. The highest BCUT2D eigenvalue weighted by Gasteiger charge is 2.34. The topological polar surface area (TPSA) is 54.1 Å². The Balaban J connectivity index is 1.86. The molecule has 0 bridgehead atoms. The van der Waals surface area contributed by atoms with Crippen LogP contribution in [0.4, 0.5) is 0 Å². The molecule has 0 unspecified atom stereocenters. The van der Waals surface area contributed by atoms with Crippen LogP contribution >= 0.6 is 15.9 Å². The molecule has 0 spiro atoms. The van der Waals surface area contributed by atoms with Gasteiger partial charge in [0.1, 0.15) is 6.04 Å². The van der Waals surface area contributed by atoms with E-state index in [2.05, 4.69) is 50.5 Å². The number of rotatable bonds is 2. The first-order valence-electron chi connectivity index (χ1n) is 7.86. The molecule has 1 aliphatic rings. The van der Waals surface area contributed by atoms with Crippen LogP contribution in [0.3, 0.4) is 0 Å². The fourth-order valence-corrected chi connectivity index (χ4v) is 3.71. The van der Waals surface area contributed by atoms with E-state index in [9.17, 15) is 4.79 Å². The van der Waals surface area contributed by atoms with Crippen molar-refractivity contribution in [2.75, 3.05) is 7.11 Å². The van der Waals surface area contributed by atoms with Gasteiger partial charge in [0.25, 0.3) is 0 Å². The van der Waals surface area contributed by atoms with Crippen molar-refractivity contribution in [1.29, 1.82) is 0 Å². The van der Waals surface area contributed by atoms with E-state index in [0.717, 1.165) is 21.2 Å². The predicted molar refractivity (Wildman–Crippen MR) is 96.9 cm³/mol. The number of carbonyl (C=O) groups excluding carboxylic acids is 1. The molecule has 0 saturated carbocycles. The molecule has 0 amide bonds. The van der Waals surface area contributed by atoms with Crippen LogP contribution in [0.25, 0.3) is 10.9 Å². The average Bonchev–Trinajstić information content (AvgIpc) is 2.99. The summed E-state index contributed by atoms with van der Waals surface area (Å²) in [6.45, 7) is 0. The molecule has 4 rings (SSSR count). The summed E-state index contributed by atoms with van der Waals surface area (Å²) in [7, 11) is 1.43. The molecule has 2 N–H and O–H groups in total. The van der Waals surface area contributed by atoms with E-state index < -0.39 is 0 Å². The molecular weight excluding hydrogens is 368 g/mol. The molecule has 3 aromatic rings. The SMILES string of the molecule is COC(=O)[C@H]1Cc2c([nH]c3ccccc23)[C@@H](c2ccc(Br)cc2)N1.